The second-order valence-corrected chi connectivity index (χ2v) is 5.51. The van der Waals surface area contributed by atoms with Crippen LogP contribution in [0.5, 0.6) is 0 Å². The van der Waals surface area contributed by atoms with E-state index in [9.17, 15) is 13.5 Å². The number of rotatable bonds is 4. The van der Waals surface area contributed by atoms with Gasteiger partial charge in [0, 0.05) is 19.1 Å². The molecule has 90 valence electrons. The molecule has 0 amide bonds. The molecule has 1 heterocycles. The molecule has 1 saturated heterocycles. The van der Waals surface area contributed by atoms with Crippen LogP contribution < -0.4 is 4.72 Å². The average Bonchev–Trinajstić information content (AvgIpc) is 2.42. The van der Waals surface area contributed by atoms with E-state index in [0.29, 0.717) is 13.1 Å². The fourth-order valence-electron chi connectivity index (χ4n) is 1.92. The molecule has 1 unspecified atom stereocenters. The van der Waals surface area contributed by atoms with E-state index in [-0.39, 0.29) is 12.6 Å². The van der Waals surface area contributed by atoms with Gasteiger partial charge < -0.3 is 5.11 Å². The van der Waals surface area contributed by atoms with Crippen LogP contribution in [-0.4, -0.2) is 43.6 Å². The average molecular weight is 236 g/mol. The minimum atomic E-state index is -3.39. The van der Waals surface area contributed by atoms with E-state index in [2.05, 4.69) is 4.72 Å². The van der Waals surface area contributed by atoms with Crippen LogP contribution in [0.2, 0.25) is 0 Å². The summed E-state index contributed by atoms with van der Waals surface area (Å²) >= 11 is 0. The van der Waals surface area contributed by atoms with Gasteiger partial charge in [0.05, 0.1) is 6.61 Å². The van der Waals surface area contributed by atoms with Crippen molar-refractivity contribution in [2.45, 2.75) is 38.6 Å². The fourth-order valence-corrected chi connectivity index (χ4v) is 3.38. The number of aliphatic hydroxyl groups is 1. The minimum Gasteiger partial charge on any atom is -0.395 e. The lowest BCUT2D eigenvalue weighted by atomic mass is 10.1. The molecule has 0 radical (unpaired) electrons. The predicted molar refractivity (Wildman–Crippen MR) is 58.6 cm³/mol. The predicted octanol–water partition coefficient (Wildman–Crippen LogP) is 0.0776. The normalized spacial score (nSPS) is 25.1. The molecule has 1 atom stereocenters. The molecule has 0 saturated carbocycles. The number of aliphatic hydroxyl groups excluding tert-OH is 1. The molecule has 1 rings (SSSR count). The van der Waals surface area contributed by atoms with Crippen LogP contribution in [0, 0.1) is 0 Å². The van der Waals surface area contributed by atoms with Gasteiger partial charge in [-0.3, -0.25) is 0 Å². The molecular formula is C9H20N2O3S. The first kappa shape index (κ1) is 12.9. The summed E-state index contributed by atoms with van der Waals surface area (Å²) in [6, 6.07) is -0.253. The van der Waals surface area contributed by atoms with Crippen molar-refractivity contribution in [1.29, 1.82) is 0 Å². The van der Waals surface area contributed by atoms with Gasteiger partial charge in [0.2, 0.25) is 0 Å². The van der Waals surface area contributed by atoms with E-state index in [1.54, 1.807) is 6.92 Å². The van der Waals surface area contributed by atoms with Crippen LogP contribution in [0.25, 0.3) is 0 Å². The smallest absolute Gasteiger partial charge is 0.279 e. The first-order valence-electron chi connectivity index (χ1n) is 5.49. The molecule has 5 nitrogen and oxygen atoms in total. The maximum Gasteiger partial charge on any atom is 0.279 e. The van der Waals surface area contributed by atoms with Crippen molar-refractivity contribution >= 4 is 10.2 Å². The van der Waals surface area contributed by atoms with Crippen LogP contribution in [0.15, 0.2) is 0 Å². The van der Waals surface area contributed by atoms with Crippen molar-refractivity contribution in [3.05, 3.63) is 0 Å². The Labute approximate surface area is 91.7 Å². The molecule has 1 aliphatic rings. The van der Waals surface area contributed by atoms with E-state index < -0.39 is 10.2 Å². The summed E-state index contributed by atoms with van der Waals surface area (Å²) in [4.78, 5) is 0. The molecule has 0 aliphatic carbocycles. The molecule has 0 aromatic rings. The third kappa shape index (κ3) is 3.41. The van der Waals surface area contributed by atoms with Crippen molar-refractivity contribution in [2.24, 2.45) is 0 Å². The molecule has 0 bridgehead atoms. The second-order valence-electron chi connectivity index (χ2n) is 3.80. The molecule has 0 aromatic carbocycles. The zero-order valence-corrected chi connectivity index (χ0v) is 9.96. The number of nitrogens with zero attached hydrogens (tertiary/aromatic N) is 1. The molecule has 6 heteroatoms. The van der Waals surface area contributed by atoms with Crippen molar-refractivity contribution in [3.63, 3.8) is 0 Å². The molecule has 0 aromatic heterocycles. The third-order valence-corrected chi connectivity index (χ3v) is 4.42. The minimum absolute atomic E-state index is 0.0926. The van der Waals surface area contributed by atoms with Gasteiger partial charge in [0.1, 0.15) is 0 Å². The molecular weight excluding hydrogens is 216 g/mol. The largest absolute Gasteiger partial charge is 0.395 e. The monoisotopic (exact) mass is 236 g/mol. The van der Waals surface area contributed by atoms with Crippen LogP contribution >= 0.6 is 0 Å². The van der Waals surface area contributed by atoms with Crippen molar-refractivity contribution in [2.75, 3.05) is 19.7 Å². The lowest BCUT2D eigenvalue weighted by Gasteiger charge is -2.27. The van der Waals surface area contributed by atoms with Crippen LogP contribution in [-0.2, 0) is 10.2 Å². The number of hydrogen-bond acceptors (Lipinski definition) is 3. The zero-order chi connectivity index (χ0) is 11.3. The van der Waals surface area contributed by atoms with E-state index in [1.807, 2.05) is 0 Å². The summed E-state index contributed by atoms with van der Waals surface area (Å²) in [5, 5.41) is 9.18. The first-order valence-corrected chi connectivity index (χ1v) is 6.93. The molecule has 0 spiro atoms. The topological polar surface area (TPSA) is 69.6 Å². The highest BCUT2D eigenvalue weighted by Crippen LogP contribution is 2.18. The Morgan fingerprint density at radius 1 is 1.40 bits per heavy atom. The van der Waals surface area contributed by atoms with Gasteiger partial charge in [-0.1, -0.05) is 19.8 Å². The lowest BCUT2D eigenvalue weighted by molar-refractivity contribution is 0.185. The highest BCUT2D eigenvalue weighted by molar-refractivity contribution is 7.87. The Balaban J connectivity index is 2.78. The summed E-state index contributed by atoms with van der Waals surface area (Å²) in [6.45, 7) is 2.56. The van der Waals surface area contributed by atoms with Gasteiger partial charge in [-0.15, -0.1) is 0 Å². The maximum absolute atomic E-state index is 11.8. The van der Waals surface area contributed by atoms with Crippen LogP contribution in [0.4, 0.5) is 0 Å². The molecule has 2 N–H and O–H groups in total. The van der Waals surface area contributed by atoms with Gasteiger partial charge >= 0.3 is 0 Å². The summed E-state index contributed by atoms with van der Waals surface area (Å²) in [5.41, 5.74) is 0. The third-order valence-electron chi connectivity index (χ3n) is 2.67. The summed E-state index contributed by atoms with van der Waals surface area (Å²) in [5.74, 6) is 0. The molecule has 15 heavy (non-hydrogen) atoms. The van der Waals surface area contributed by atoms with Gasteiger partial charge in [0.15, 0.2) is 0 Å². The van der Waals surface area contributed by atoms with E-state index in [0.717, 1.165) is 25.7 Å². The quantitative estimate of drug-likeness (QED) is 0.726. The Hall–Kier alpha value is -0.170. The highest BCUT2D eigenvalue weighted by Gasteiger charge is 2.29. The van der Waals surface area contributed by atoms with Gasteiger partial charge in [0.25, 0.3) is 10.2 Å². The molecule has 1 fully saturated rings. The van der Waals surface area contributed by atoms with Gasteiger partial charge in [-0.2, -0.15) is 12.7 Å². The van der Waals surface area contributed by atoms with E-state index in [4.69, 9.17) is 0 Å². The van der Waals surface area contributed by atoms with Crippen molar-refractivity contribution in [3.8, 4) is 0 Å². The Kier molecular flexibility index (Phi) is 4.98. The Morgan fingerprint density at radius 3 is 2.73 bits per heavy atom. The second kappa shape index (κ2) is 5.79. The van der Waals surface area contributed by atoms with Gasteiger partial charge in [-0.25, -0.2) is 4.72 Å². The zero-order valence-electron chi connectivity index (χ0n) is 9.15. The van der Waals surface area contributed by atoms with Crippen LogP contribution in [0.1, 0.15) is 32.6 Å². The summed E-state index contributed by atoms with van der Waals surface area (Å²) in [7, 11) is -3.39. The SMILES string of the molecule is CCNS(=O)(=O)N1CCCCCC1CO. The molecule has 1 aliphatic heterocycles. The first-order chi connectivity index (χ1) is 7.11. The fraction of sp³-hybridized carbons (Fsp3) is 1.00. The van der Waals surface area contributed by atoms with Crippen molar-refractivity contribution in [1.82, 2.24) is 9.03 Å². The van der Waals surface area contributed by atoms with E-state index in [1.165, 1.54) is 4.31 Å². The van der Waals surface area contributed by atoms with Crippen molar-refractivity contribution < 1.29 is 13.5 Å². The summed E-state index contributed by atoms with van der Waals surface area (Å²) in [6.07, 6.45) is 3.65. The highest BCUT2D eigenvalue weighted by atomic mass is 32.2. The summed E-state index contributed by atoms with van der Waals surface area (Å²) < 4.78 is 27.5. The number of nitrogens with one attached hydrogen (secondary N) is 1. The lowest BCUT2D eigenvalue weighted by Crippen LogP contribution is -2.47. The van der Waals surface area contributed by atoms with E-state index >= 15 is 0 Å². The Morgan fingerprint density at radius 2 is 2.13 bits per heavy atom. The Bertz CT molecular complexity index is 279. The number of hydrogen-bond donors (Lipinski definition) is 2. The standard InChI is InChI=1S/C9H20N2O3S/c1-2-10-15(13,14)11-7-5-3-4-6-9(11)8-12/h9-10,12H,2-8H2,1H3. The van der Waals surface area contributed by atoms with Gasteiger partial charge in [-0.05, 0) is 12.8 Å². The van der Waals surface area contributed by atoms with Crippen LogP contribution in [0.3, 0.4) is 0 Å². The maximum atomic E-state index is 11.8.